The lowest BCUT2D eigenvalue weighted by atomic mass is 9.96. The van der Waals surface area contributed by atoms with Crippen LogP contribution in [0.15, 0.2) is 65.7 Å². The number of nitrogens with two attached hydrogens (primary N) is 1. The molecule has 2 aromatic carbocycles. The summed E-state index contributed by atoms with van der Waals surface area (Å²) in [7, 11) is -3.65. The number of hydrogen-bond donors (Lipinski definition) is 3. The summed E-state index contributed by atoms with van der Waals surface area (Å²) in [4.78, 5) is 47.0. The Morgan fingerprint density at radius 3 is 2.11 bits per heavy atom. The molecule has 44 heavy (non-hydrogen) atoms. The van der Waals surface area contributed by atoms with Crippen LogP contribution in [0.3, 0.4) is 0 Å². The van der Waals surface area contributed by atoms with Crippen LogP contribution in [0.5, 0.6) is 0 Å². The molecule has 2 aliphatic rings. The molecule has 0 aliphatic carbocycles. The van der Waals surface area contributed by atoms with Crippen LogP contribution >= 0.6 is 0 Å². The molecule has 0 spiro atoms. The fourth-order valence-electron chi connectivity index (χ4n) is 5.87. The normalized spacial score (nSPS) is 19.4. The Morgan fingerprint density at radius 1 is 0.932 bits per heavy atom. The summed E-state index contributed by atoms with van der Waals surface area (Å²) in [6.07, 6.45) is 4.56. The molecule has 2 heterocycles. The predicted molar refractivity (Wildman–Crippen MR) is 170 cm³/mol. The van der Waals surface area contributed by atoms with Crippen molar-refractivity contribution in [3.05, 3.63) is 71.8 Å². The highest BCUT2D eigenvalue weighted by Crippen LogP contribution is 2.21. The summed E-state index contributed by atoms with van der Waals surface area (Å²) in [5, 5.41) is 3.02. The van der Waals surface area contributed by atoms with Crippen LogP contribution in [0, 0.1) is 11.8 Å². The molecule has 2 aliphatic heterocycles. The second kappa shape index (κ2) is 15.3. The number of piperidine rings is 1. The van der Waals surface area contributed by atoms with E-state index in [1.54, 1.807) is 0 Å². The van der Waals surface area contributed by atoms with Crippen LogP contribution in [0.4, 0.5) is 0 Å². The number of carbonyl (C=O) groups excluding carboxylic acids is 3. The summed E-state index contributed by atoms with van der Waals surface area (Å²) in [5.74, 6) is -0.692. The van der Waals surface area contributed by atoms with Gasteiger partial charge in [0.15, 0.2) is 5.96 Å². The van der Waals surface area contributed by atoms with Crippen molar-refractivity contribution < 1.29 is 22.8 Å². The summed E-state index contributed by atoms with van der Waals surface area (Å²) in [5.41, 5.74) is 8.09. The SMILES string of the molecule is CC(Cc1ccccc1)C(=O)/N=C(\N)N1CCC(CNC(=O)[C@@H]2CCCN2C(=O)[C@@H](Cc2ccccc2)NS(C)(=O)=O)CC1. The van der Waals surface area contributed by atoms with Gasteiger partial charge in [0, 0.05) is 32.1 Å². The molecular weight excluding hydrogens is 580 g/mol. The highest BCUT2D eigenvalue weighted by molar-refractivity contribution is 7.88. The van der Waals surface area contributed by atoms with Gasteiger partial charge in [-0.2, -0.15) is 4.99 Å². The van der Waals surface area contributed by atoms with Crippen molar-refractivity contribution in [3.8, 4) is 0 Å². The van der Waals surface area contributed by atoms with Gasteiger partial charge < -0.3 is 20.9 Å². The van der Waals surface area contributed by atoms with Crippen molar-refractivity contribution >= 4 is 33.7 Å². The maximum Gasteiger partial charge on any atom is 0.252 e. The molecule has 0 saturated carbocycles. The number of nitrogens with zero attached hydrogens (tertiary/aromatic N) is 3. The maximum absolute atomic E-state index is 13.5. The lowest BCUT2D eigenvalue weighted by molar-refractivity contribution is -0.139. The van der Waals surface area contributed by atoms with E-state index in [1.165, 1.54) is 4.90 Å². The van der Waals surface area contributed by atoms with Crippen molar-refractivity contribution in [2.45, 2.75) is 57.5 Å². The van der Waals surface area contributed by atoms with Gasteiger partial charge in [-0.3, -0.25) is 14.4 Å². The molecule has 12 heteroatoms. The van der Waals surface area contributed by atoms with Crippen LogP contribution in [-0.2, 0) is 37.2 Å². The molecule has 3 amide bonds. The van der Waals surface area contributed by atoms with E-state index < -0.39 is 28.0 Å². The molecule has 0 bridgehead atoms. The monoisotopic (exact) mass is 624 g/mol. The first-order chi connectivity index (χ1) is 21.0. The van der Waals surface area contributed by atoms with Crippen LogP contribution in [0.2, 0.25) is 0 Å². The van der Waals surface area contributed by atoms with Crippen molar-refractivity contribution in [1.29, 1.82) is 0 Å². The molecule has 238 valence electrons. The number of sulfonamides is 1. The molecule has 0 radical (unpaired) electrons. The van der Waals surface area contributed by atoms with Gasteiger partial charge in [-0.25, -0.2) is 13.1 Å². The number of rotatable bonds is 11. The third-order valence-electron chi connectivity index (χ3n) is 8.31. The summed E-state index contributed by atoms with van der Waals surface area (Å²) in [6.45, 7) is 3.97. The molecule has 2 aromatic rings. The number of benzene rings is 2. The van der Waals surface area contributed by atoms with Gasteiger partial charge >= 0.3 is 0 Å². The van der Waals surface area contributed by atoms with Crippen molar-refractivity contribution in [3.63, 3.8) is 0 Å². The van der Waals surface area contributed by atoms with Crippen molar-refractivity contribution in [2.75, 3.05) is 32.4 Å². The van der Waals surface area contributed by atoms with Gasteiger partial charge in [-0.15, -0.1) is 0 Å². The summed E-state index contributed by atoms with van der Waals surface area (Å²) < 4.78 is 26.6. The zero-order valence-corrected chi connectivity index (χ0v) is 26.3. The smallest absolute Gasteiger partial charge is 0.252 e. The number of amides is 3. The molecule has 3 atom stereocenters. The van der Waals surface area contributed by atoms with Gasteiger partial charge in [0.2, 0.25) is 21.8 Å². The zero-order valence-electron chi connectivity index (χ0n) is 25.5. The Labute approximate surface area is 260 Å². The Hall–Kier alpha value is -3.77. The van der Waals surface area contributed by atoms with Crippen LogP contribution in [-0.4, -0.2) is 86.4 Å². The number of likely N-dealkylation sites (tertiary alicyclic amines) is 2. The minimum Gasteiger partial charge on any atom is -0.369 e. The first-order valence-corrected chi connectivity index (χ1v) is 17.2. The second-order valence-electron chi connectivity index (χ2n) is 11.9. The largest absolute Gasteiger partial charge is 0.369 e. The minimum atomic E-state index is -3.65. The Bertz CT molecular complexity index is 1410. The number of guanidine groups is 1. The first-order valence-electron chi connectivity index (χ1n) is 15.3. The number of nitrogens with one attached hydrogen (secondary N) is 2. The van der Waals surface area contributed by atoms with Crippen LogP contribution < -0.4 is 15.8 Å². The van der Waals surface area contributed by atoms with E-state index in [9.17, 15) is 22.8 Å². The quantitative estimate of drug-likeness (QED) is 0.254. The van der Waals surface area contributed by atoms with E-state index in [0.29, 0.717) is 45.4 Å². The topological polar surface area (TPSA) is 154 Å². The fraction of sp³-hybridized carbons (Fsp3) is 0.500. The Kier molecular flexibility index (Phi) is 11.5. The second-order valence-corrected chi connectivity index (χ2v) is 13.7. The van der Waals surface area contributed by atoms with Crippen molar-refractivity contribution in [2.24, 2.45) is 22.6 Å². The average Bonchev–Trinajstić information content (AvgIpc) is 3.50. The molecule has 0 aromatic heterocycles. The Morgan fingerprint density at radius 2 is 1.52 bits per heavy atom. The standard InChI is InChI=1S/C32H44N6O5S/c1-23(20-24-10-5-3-6-11-24)29(39)35-32(33)37-18-15-26(16-19-37)22-34-30(40)28-14-9-17-38(28)31(41)27(36-44(2,42)43)21-25-12-7-4-8-13-25/h3-8,10-13,23,26-28,36H,9,14-22H2,1-2H3,(H,34,40)(H2,33,35,39)/t23?,27-,28+/m1/s1. The molecule has 4 rings (SSSR count). The van der Waals surface area contributed by atoms with Crippen molar-refractivity contribution in [1.82, 2.24) is 19.8 Å². The van der Waals surface area contributed by atoms with Gasteiger partial charge in [-0.05, 0) is 55.6 Å². The molecule has 2 fully saturated rings. The van der Waals surface area contributed by atoms with E-state index >= 15 is 0 Å². The van der Waals surface area contributed by atoms with E-state index in [1.807, 2.05) is 72.5 Å². The van der Waals surface area contributed by atoms with Crippen LogP contribution in [0.1, 0.15) is 43.7 Å². The van der Waals surface area contributed by atoms with E-state index in [0.717, 1.165) is 30.2 Å². The summed E-state index contributed by atoms with van der Waals surface area (Å²) >= 11 is 0. The highest BCUT2D eigenvalue weighted by atomic mass is 32.2. The number of aliphatic imine (C=N–C) groups is 1. The zero-order chi connectivity index (χ0) is 31.7. The first kappa shape index (κ1) is 33.1. The Balaban J connectivity index is 1.26. The third-order valence-corrected chi connectivity index (χ3v) is 9.02. The van der Waals surface area contributed by atoms with Crippen LogP contribution in [0.25, 0.3) is 0 Å². The molecular formula is C32H44N6O5S. The number of carbonyl (C=O) groups is 3. The number of hydrogen-bond acceptors (Lipinski definition) is 5. The van der Waals surface area contributed by atoms with E-state index in [4.69, 9.17) is 5.73 Å². The lowest BCUT2D eigenvalue weighted by Gasteiger charge is -2.33. The summed E-state index contributed by atoms with van der Waals surface area (Å²) in [6, 6.07) is 17.4. The highest BCUT2D eigenvalue weighted by Gasteiger charge is 2.38. The van der Waals surface area contributed by atoms with Gasteiger partial charge in [0.05, 0.1) is 6.26 Å². The molecule has 1 unspecified atom stereocenters. The molecule has 11 nitrogen and oxygen atoms in total. The van der Waals surface area contributed by atoms with E-state index in [-0.39, 0.29) is 36.0 Å². The fourth-order valence-corrected chi connectivity index (χ4v) is 6.57. The van der Waals surface area contributed by atoms with E-state index in [2.05, 4.69) is 15.0 Å². The predicted octanol–water partition coefficient (Wildman–Crippen LogP) is 1.69. The average molecular weight is 625 g/mol. The lowest BCUT2D eigenvalue weighted by Crippen LogP contribution is -2.54. The molecule has 2 saturated heterocycles. The molecule has 4 N–H and O–H groups in total. The third kappa shape index (κ3) is 9.62. The van der Waals surface area contributed by atoms with Gasteiger partial charge in [0.25, 0.3) is 5.91 Å². The minimum absolute atomic E-state index is 0.195. The van der Waals surface area contributed by atoms with Gasteiger partial charge in [-0.1, -0.05) is 67.6 Å². The van der Waals surface area contributed by atoms with Gasteiger partial charge in [0.1, 0.15) is 12.1 Å². The maximum atomic E-state index is 13.5.